The van der Waals surface area contributed by atoms with Gasteiger partial charge in [0.05, 0.1) is 18.3 Å². The van der Waals surface area contributed by atoms with Crippen molar-refractivity contribution in [1.82, 2.24) is 13.9 Å². The van der Waals surface area contributed by atoms with Crippen LogP contribution in [0.1, 0.15) is 23.9 Å². The zero-order valence-electron chi connectivity index (χ0n) is 19.3. The van der Waals surface area contributed by atoms with Crippen molar-refractivity contribution in [3.05, 3.63) is 103 Å². The van der Waals surface area contributed by atoms with Crippen LogP contribution in [0.2, 0.25) is 0 Å². The van der Waals surface area contributed by atoms with Crippen molar-refractivity contribution in [2.45, 2.75) is 34.7 Å². The molecule has 1 fully saturated rings. The van der Waals surface area contributed by atoms with Crippen molar-refractivity contribution in [2.75, 3.05) is 0 Å². The second kappa shape index (κ2) is 8.48. The predicted molar refractivity (Wildman–Crippen MR) is 143 cm³/mol. The number of hydrogen-bond donors (Lipinski definition) is 1. The van der Waals surface area contributed by atoms with Crippen LogP contribution in [0, 0.1) is 0 Å². The van der Waals surface area contributed by atoms with Crippen LogP contribution < -0.4 is 11.4 Å². The number of benzene rings is 2. The topological polar surface area (TPSA) is 103 Å². The van der Waals surface area contributed by atoms with E-state index in [4.69, 9.17) is 46.4 Å². The number of alkyl halides is 2. The van der Waals surface area contributed by atoms with Gasteiger partial charge in [-0.1, -0.05) is 65.7 Å². The molecule has 0 saturated heterocycles. The molecular weight excluding hydrogens is 576 g/mol. The molecule has 0 spiro atoms. The van der Waals surface area contributed by atoms with Crippen LogP contribution in [0.5, 0.6) is 5.75 Å². The third kappa shape index (κ3) is 3.06. The molecule has 0 bridgehead atoms. The number of para-hydroxylation sites is 2. The first kappa shape index (κ1) is 25.2. The number of aromatic nitrogens is 3. The van der Waals surface area contributed by atoms with Crippen molar-refractivity contribution in [1.29, 1.82) is 0 Å². The first-order chi connectivity index (χ1) is 18.0. The lowest BCUT2D eigenvalue weighted by Gasteiger charge is -2.54. The van der Waals surface area contributed by atoms with Gasteiger partial charge >= 0.3 is 11.4 Å². The van der Waals surface area contributed by atoms with E-state index in [-0.39, 0.29) is 24.3 Å². The number of halogens is 4. The molecule has 1 saturated carbocycles. The molecule has 1 aromatic heterocycles. The van der Waals surface area contributed by atoms with Crippen LogP contribution in [0.15, 0.2) is 85.9 Å². The number of Topliss-reactive ketones (excluding diaryl/α,β-unsaturated/α-hetero) is 2. The number of hydrogen-bond acceptors (Lipinski definition) is 5. The molecular formula is C26H17Cl4N3O5. The van der Waals surface area contributed by atoms with E-state index in [1.54, 1.807) is 54.6 Å². The highest BCUT2D eigenvalue weighted by Crippen LogP contribution is 2.64. The fourth-order valence-electron chi connectivity index (χ4n) is 5.85. The van der Waals surface area contributed by atoms with E-state index in [0.717, 1.165) is 4.57 Å². The second-order valence-electron chi connectivity index (χ2n) is 9.38. The molecule has 2 aromatic carbocycles. The van der Waals surface area contributed by atoms with E-state index in [1.165, 1.54) is 15.4 Å². The smallest absolute Gasteiger partial charge is 0.352 e. The number of phenols is 1. The van der Waals surface area contributed by atoms with Gasteiger partial charge in [-0.25, -0.2) is 23.5 Å². The van der Waals surface area contributed by atoms with Crippen molar-refractivity contribution in [2.24, 2.45) is 0 Å². The number of fused-ring (bicyclic) bond motifs is 4. The normalized spacial score (nSPS) is 28.5. The minimum absolute atomic E-state index is 0.0292. The molecule has 1 N–H and O–H groups in total. The molecule has 38 heavy (non-hydrogen) atoms. The fourth-order valence-corrected chi connectivity index (χ4v) is 7.36. The van der Waals surface area contributed by atoms with Gasteiger partial charge < -0.3 is 5.11 Å². The molecule has 2 heterocycles. The highest BCUT2D eigenvalue weighted by molar-refractivity contribution is 6.66. The summed E-state index contributed by atoms with van der Waals surface area (Å²) >= 11 is 26.5. The predicted octanol–water partition coefficient (Wildman–Crippen LogP) is 3.97. The summed E-state index contributed by atoms with van der Waals surface area (Å²) < 4.78 is 3.49. The monoisotopic (exact) mass is 591 g/mol. The number of carbonyl (C=O) groups is 2. The molecule has 8 nitrogen and oxygen atoms in total. The van der Waals surface area contributed by atoms with Crippen molar-refractivity contribution < 1.29 is 14.7 Å². The summed E-state index contributed by atoms with van der Waals surface area (Å²) in [6.07, 6.45) is 1.33. The average Bonchev–Trinajstić information content (AvgIpc) is 3.17. The zero-order valence-corrected chi connectivity index (χ0v) is 22.3. The Balaban J connectivity index is 1.66. The largest absolute Gasteiger partial charge is 0.508 e. The van der Waals surface area contributed by atoms with Gasteiger partial charge in [-0.15, -0.1) is 23.2 Å². The standard InChI is InChI=1S/C26H17Cl4N3O5/c27-19-20(28)22(36)26(30)18(15-8-4-5-9-17(15)34)14-10-11-31-23(37)32(13-6-2-1-3-7-13)24(38)33(31)16(14)12-25(26,29)21(19)35/h1-10,16,18,34H,11-12H2/t16-,18-,25-,26+/m1/s1. The molecule has 194 valence electrons. The van der Waals surface area contributed by atoms with E-state index in [1.807, 2.05) is 0 Å². The highest BCUT2D eigenvalue weighted by Gasteiger charge is 2.71. The summed E-state index contributed by atoms with van der Waals surface area (Å²) in [4.78, 5) is 50.0. The molecule has 0 unspecified atom stereocenters. The van der Waals surface area contributed by atoms with Gasteiger partial charge in [0.15, 0.2) is 11.6 Å². The summed E-state index contributed by atoms with van der Waals surface area (Å²) in [5, 5.41) is 9.72. The van der Waals surface area contributed by atoms with E-state index < -0.39 is 54.7 Å². The number of allylic oxidation sites excluding steroid dienone is 4. The zero-order chi connectivity index (χ0) is 27.1. The van der Waals surface area contributed by atoms with Gasteiger partial charge in [-0.2, -0.15) is 0 Å². The summed E-state index contributed by atoms with van der Waals surface area (Å²) in [6.45, 7) is -0.0292. The first-order valence-electron chi connectivity index (χ1n) is 11.5. The van der Waals surface area contributed by atoms with E-state index in [2.05, 4.69) is 0 Å². The Morgan fingerprint density at radius 3 is 2.16 bits per heavy atom. The maximum absolute atomic E-state index is 13.8. The van der Waals surface area contributed by atoms with Crippen molar-refractivity contribution in [3.63, 3.8) is 0 Å². The molecule has 0 radical (unpaired) electrons. The number of nitrogens with zero attached hydrogens (tertiary/aromatic N) is 3. The lowest BCUT2D eigenvalue weighted by atomic mass is 9.59. The molecule has 12 heteroatoms. The van der Waals surface area contributed by atoms with Crippen LogP contribution in [0.4, 0.5) is 0 Å². The van der Waals surface area contributed by atoms with Gasteiger partial charge in [0, 0.05) is 17.9 Å². The Morgan fingerprint density at radius 1 is 0.842 bits per heavy atom. The lowest BCUT2D eigenvalue weighted by Crippen LogP contribution is -2.67. The van der Waals surface area contributed by atoms with E-state index in [0.29, 0.717) is 11.3 Å². The first-order valence-corrected chi connectivity index (χ1v) is 13.1. The SMILES string of the molecule is O=C1C(Cl)=C(Cl)C(=O)[C@@]2(Cl)[C@@H](c3ccccc3O)C3=CCn4c(=O)n(-c5ccccc5)c(=O)n4[C@@H]3C[C@@]12Cl. The number of ketones is 2. The summed E-state index contributed by atoms with van der Waals surface area (Å²) in [6, 6.07) is 13.6. The van der Waals surface area contributed by atoms with E-state index in [9.17, 15) is 24.3 Å². The Kier molecular flexibility index (Phi) is 5.63. The Labute approximate surface area is 234 Å². The van der Waals surface area contributed by atoms with Gasteiger partial charge in [0.1, 0.15) is 25.6 Å². The number of carbonyl (C=O) groups excluding carboxylic acids is 2. The highest BCUT2D eigenvalue weighted by atomic mass is 35.5. The minimum atomic E-state index is -2.18. The Bertz CT molecular complexity index is 1740. The molecule has 1 aliphatic heterocycles. The summed E-state index contributed by atoms with van der Waals surface area (Å²) in [7, 11) is 0. The van der Waals surface area contributed by atoms with Gasteiger partial charge in [0.25, 0.3) is 0 Å². The molecule has 0 amide bonds. The maximum atomic E-state index is 13.8. The van der Waals surface area contributed by atoms with Crippen LogP contribution in [-0.4, -0.2) is 40.4 Å². The summed E-state index contributed by atoms with van der Waals surface area (Å²) in [5.41, 5.74) is -0.244. The molecule has 2 aliphatic carbocycles. The van der Waals surface area contributed by atoms with Crippen molar-refractivity contribution >= 4 is 58.0 Å². The maximum Gasteiger partial charge on any atom is 0.352 e. The molecule has 3 aliphatic rings. The second-order valence-corrected chi connectivity index (χ2v) is 11.4. The van der Waals surface area contributed by atoms with Crippen LogP contribution in [-0.2, 0) is 16.1 Å². The van der Waals surface area contributed by atoms with Crippen LogP contribution in [0.3, 0.4) is 0 Å². The number of rotatable bonds is 2. The quantitative estimate of drug-likeness (QED) is 0.358. The summed E-state index contributed by atoms with van der Waals surface area (Å²) in [5.74, 6) is -3.14. The number of phenolic OH excluding ortho intramolecular Hbond substituents is 1. The fraction of sp³-hybridized carbons (Fsp3) is 0.231. The molecule has 6 rings (SSSR count). The van der Waals surface area contributed by atoms with Crippen LogP contribution >= 0.6 is 46.4 Å². The number of aromatic hydroxyl groups is 1. The van der Waals surface area contributed by atoms with Gasteiger partial charge in [-0.05, 0) is 23.8 Å². The third-order valence-corrected chi connectivity index (χ3v) is 9.82. The minimum Gasteiger partial charge on any atom is -0.508 e. The Hall–Kier alpha value is -3.04. The molecule has 4 atom stereocenters. The van der Waals surface area contributed by atoms with E-state index >= 15 is 0 Å². The molecule has 3 aromatic rings. The van der Waals surface area contributed by atoms with Gasteiger partial charge in [0.2, 0.25) is 0 Å². The Morgan fingerprint density at radius 2 is 1.47 bits per heavy atom. The third-order valence-electron chi connectivity index (χ3n) is 7.57. The average molecular weight is 593 g/mol. The van der Waals surface area contributed by atoms with Gasteiger partial charge in [-0.3, -0.25) is 9.59 Å². The van der Waals surface area contributed by atoms with Crippen LogP contribution in [0.25, 0.3) is 5.69 Å². The van der Waals surface area contributed by atoms with Crippen molar-refractivity contribution in [3.8, 4) is 11.4 Å². The lowest BCUT2D eigenvalue weighted by molar-refractivity contribution is -0.128.